The summed E-state index contributed by atoms with van der Waals surface area (Å²) in [7, 11) is 0. The number of hydrogen-bond acceptors (Lipinski definition) is 5. The van der Waals surface area contributed by atoms with E-state index < -0.39 is 23.7 Å². The Morgan fingerprint density at radius 3 is 2.28 bits per heavy atom. The highest BCUT2D eigenvalue weighted by Crippen LogP contribution is 2.36. The van der Waals surface area contributed by atoms with E-state index in [1.807, 2.05) is 0 Å². The molecule has 1 atom stereocenters. The Hall–Kier alpha value is -2.09. The number of carboxylic acids is 1. The molecule has 0 bridgehead atoms. The number of ether oxygens (including phenoxy) is 2. The lowest BCUT2D eigenvalue weighted by Gasteiger charge is -2.21. The minimum absolute atomic E-state index is 0.0122. The van der Waals surface area contributed by atoms with E-state index in [0.29, 0.717) is 16.5 Å². The number of amides is 1. The molecule has 2 N–H and O–H groups in total. The molecular formula is C19H20Cl3NO6. The SMILES string of the molecule is CC(C)(C)OC(=O)NC(Cc1ccc(COc2c(Cl)cc(Cl)cc2Cl)o1)C(=O)O. The zero-order valence-corrected chi connectivity index (χ0v) is 18.2. The number of carboxylic acid groups (broad SMARTS) is 1. The first-order chi connectivity index (χ1) is 13.4. The van der Waals surface area contributed by atoms with Gasteiger partial charge in [-0.1, -0.05) is 34.8 Å². The van der Waals surface area contributed by atoms with E-state index in [0.717, 1.165) is 0 Å². The van der Waals surface area contributed by atoms with Crippen LogP contribution in [0, 0.1) is 0 Å². The van der Waals surface area contributed by atoms with E-state index in [9.17, 15) is 14.7 Å². The van der Waals surface area contributed by atoms with E-state index in [1.54, 1.807) is 32.9 Å². The van der Waals surface area contributed by atoms with Crippen LogP contribution in [-0.4, -0.2) is 28.8 Å². The van der Waals surface area contributed by atoms with Crippen LogP contribution in [0.3, 0.4) is 0 Å². The Balaban J connectivity index is 1.99. The van der Waals surface area contributed by atoms with E-state index in [4.69, 9.17) is 48.7 Å². The number of aliphatic carboxylic acids is 1. The Morgan fingerprint density at radius 1 is 1.14 bits per heavy atom. The molecule has 0 spiro atoms. The predicted molar refractivity (Wildman–Crippen MR) is 109 cm³/mol. The molecule has 1 amide bonds. The summed E-state index contributed by atoms with van der Waals surface area (Å²) < 4.78 is 16.2. The van der Waals surface area contributed by atoms with Gasteiger partial charge in [-0.15, -0.1) is 0 Å². The summed E-state index contributed by atoms with van der Waals surface area (Å²) in [5, 5.41) is 12.5. The Labute approximate surface area is 182 Å². The van der Waals surface area contributed by atoms with Gasteiger partial charge < -0.3 is 24.3 Å². The molecule has 1 heterocycles. The summed E-state index contributed by atoms with van der Waals surface area (Å²) in [6.07, 6.45) is -0.899. The van der Waals surface area contributed by atoms with E-state index in [1.165, 1.54) is 12.1 Å². The number of hydrogen-bond donors (Lipinski definition) is 2. The number of benzene rings is 1. The molecule has 10 heteroatoms. The van der Waals surface area contributed by atoms with Crippen LogP contribution >= 0.6 is 34.8 Å². The van der Waals surface area contributed by atoms with Gasteiger partial charge in [0.05, 0.1) is 10.0 Å². The maximum absolute atomic E-state index is 11.8. The molecule has 2 aromatic rings. The first-order valence-corrected chi connectivity index (χ1v) is 9.65. The van der Waals surface area contributed by atoms with Gasteiger partial charge in [0, 0.05) is 11.4 Å². The topological polar surface area (TPSA) is 98.0 Å². The highest BCUT2D eigenvalue weighted by molar-refractivity contribution is 6.40. The van der Waals surface area contributed by atoms with Gasteiger partial charge in [-0.2, -0.15) is 0 Å². The van der Waals surface area contributed by atoms with Crippen LogP contribution < -0.4 is 10.1 Å². The minimum Gasteiger partial charge on any atom is -0.483 e. The molecule has 0 aliphatic rings. The van der Waals surface area contributed by atoms with Gasteiger partial charge in [0.1, 0.15) is 29.8 Å². The van der Waals surface area contributed by atoms with Crippen LogP contribution in [0.25, 0.3) is 0 Å². The lowest BCUT2D eigenvalue weighted by Crippen LogP contribution is -2.44. The summed E-state index contributed by atoms with van der Waals surface area (Å²) >= 11 is 18.0. The number of carbonyl (C=O) groups is 2. The fourth-order valence-electron chi connectivity index (χ4n) is 2.27. The van der Waals surface area contributed by atoms with Crippen molar-refractivity contribution < 1.29 is 28.6 Å². The zero-order chi connectivity index (χ0) is 21.8. The average molecular weight is 465 g/mol. The van der Waals surface area contributed by atoms with Crippen LogP contribution in [0.5, 0.6) is 5.75 Å². The maximum Gasteiger partial charge on any atom is 0.408 e. The molecule has 1 aromatic heterocycles. The summed E-state index contributed by atoms with van der Waals surface area (Å²) in [5.74, 6) is -0.195. The number of alkyl carbamates (subject to hydrolysis) is 1. The molecule has 0 radical (unpaired) electrons. The molecule has 0 saturated heterocycles. The summed E-state index contributed by atoms with van der Waals surface area (Å²) in [5.41, 5.74) is -0.744. The molecule has 1 aromatic carbocycles. The first kappa shape index (κ1) is 23.2. The molecule has 7 nitrogen and oxygen atoms in total. The first-order valence-electron chi connectivity index (χ1n) is 8.52. The fraction of sp³-hybridized carbons (Fsp3) is 0.368. The zero-order valence-electron chi connectivity index (χ0n) is 15.9. The van der Waals surface area contributed by atoms with Crippen molar-refractivity contribution in [3.8, 4) is 5.75 Å². The predicted octanol–water partition coefficient (Wildman–Crippen LogP) is 5.34. The van der Waals surface area contributed by atoms with Crippen LogP contribution in [0.2, 0.25) is 15.1 Å². The average Bonchev–Trinajstić information content (AvgIpc) is 2.98. The summed E-state index contributed by atoms with van der Waals surface area (Å²) in [4.78, 5) is 23.3. The smallest absolute Gasteiger partial charge is 0.408 e. The largest absolute Gasteiger partial charge is 0.483 e. The van der Waals surface area contributed by atoms with Crippen molar-refractivity contribution in [1.82, 2.24) is 5.32 Å². The standard InChI is InChI=1S/C19H20Cl3NO6/c1-19(2,3)29-18(26)23-15(17(24)25)8-11-4-5-12(28-11)9-27-16-13(21)6-10(20)7-14(16)22/h4-7,15H,8-9H2,1-3H3,(H,23,26)(H,24,25). The fourth-order valence-corrected chi connectivity index (χ4v) is 3.20. The monoisotopic (exact) mass is 463 g/mol. The number of rotatable bonds is 7. The second-order valence-electron chi connectivity index (χ2n) is 7.10. The lowest BCUT2D eigenvalue weighted by atomic mass is 10.1. The molecule has 2 rings (SSSR count). The normalized spacial score (nSPS) is 12.3. The highest BCUT2D eigenvalue weighted by Gasteiger charge is 2.25. The number of nitrogens with one attached hydrogen (secondary N) is 1. The van der Waals surface area contributed by atoms with Crippen molar-refractivity contribution in [3.05, 3.63) is 50.9 Å². The Bertz CT molecular complexity index is 867. The van der Waals surface area contributed by atoms with Gasteiger partial charge in [-0.05, 0) is 45.0 Å². The van der Waals surface area contributed by atoms with Crippen molar-refractivity contribution in [2.75, 3.05) is 0 Å². The van der Waals surface area contributed by atoms with Gasteiger partial charge >= 0.3 is 12.1 Å². The van der Waals surface area contributed by atoms with Gasteiger partial charge in [0.15, 0.2) is 5.75 Å². The Kier molecular flexibility index (Phi) is 7.68. The Morgan fingerprint density at radius 2 is 1.72 bits per heavy atom. The quantitative estimate of drug-likeness (QED) is 0.574. The summed E-state index contributed by atoms with van der Waals surface area (Å²) in [6, 6.07) is 5.00. The molecule has 0 fully saturated rings. The van der Waals surface area contributed by atoms with Gasteiger partial charge in [-0.3, -0.25) is 0 Å². The van der Waals surface area contributed by atoms with E-state index in [2.05, 4.69) is 5.32 Å². The molecule has 0 aliphatic heterocycles. The van der Waals surface area contributed by atoms with Crippen LogP contribution in [0.1, 0.15) is 32.3 Å². The minimum atomic E-state index is -1.22. The van der Waals surface area contributed by atoms with Gasteiger partial charge in [0.25, 0.3) is 0 Å². The van der Waals surface area contributed by atoms with Crippen LogP contribution in [-0.2, 0) is 22.6 Å². The van der Waals surface area contributed by atoms with Crippen LogP contribution in [0.15, 0.2) is 28.7 Å². The third-order valence-electron chi connectivity index (χ3n) is 3.43. The third-order valence-corrected chi connectivity index (χ3v) is 4.21. The molecule has 29 heavy (non-hydrogen) atoms. The van der Waals surface area contributed by atoms with E-state index >= 15 is 0 Å². The molecule has 0 saturated carbocycles. The lowest BCUT2D eigenvalue weighted by molar-refractivity contribution is -0.139. The van der Waals surface area contributed by atoms with Crippen molar-refractivity contribution in [2.45, 2.75) is 45.4 Å². The maximum atomic E-state index is 11.8. The molecule has 1 unspecified atom stereocenters. The molecule has 158 valence electrons. The second-order valence-corrected chi connectivity index (χ2v) is 8.35. The van der Waals surface area contributed by atoms with Gasteiger partial charge in [-0.25, -0.2) is 9.59 Å². The molecule has 0 aliphatic carbocycles. The summed E-state index contributed by atoms with van der Waals surface area (Å²) in [6.45, 7) is 5.05. The number of carbonyl (C=O) groups excluding carboxylic acids is 1. The van der Waals surface area contributed by atoms with Crippen molar-refractivity contribution in [1.29, 1.82) is 0 Å². The highest BCUT2D eigenvalue weighted by atomic mass is 35.5. The van der Waals surface area contributed by atoms with E-state index in [-0.39, 0.29) is 28.8 Å². The third kappa shape index (κ3) is 7.34. The van der Waals surface area contributed by atoms with Crippen molar-refractivity contribution in [3.63, 3.8) is 0 Å². The molecular weight excluding hydrogens is 445 g/mol. The second kappa shape index (κ2) is 9.61. The number of halogens is 3. The number of furan rings is 1. The van der Waals surface area contributed by atoms with Gasteiger partial charge in [0.2, 0.25) is 0 Å². The van der Waals surface area contributed by atoms with Crippen molar-refractivity contribution in [2.24, 2.45) is 0 Å². The van der Waals surface area contributed by atoms with Crippen molar-refractivity contribution >= 4 is 46.9 Å². The van der Waals surface area contributed by atoms with Crippen LogP contribution in [0.4, 0.5) is 4.79 Å².